The van der Waals surface area contributed by atoms with Crippen LogP contribution in [0.5, 0.6) is 0 Å². The first-order valence-corrected chi connectivity index (χ1v) is 6.00. The fraction of sp³-hybridized carbons (Fsp3) is 0.125. The van der Waals surface area contributed by atoms with Crippen LogP contribution >= 0.6 is 27.7 Å². The standard InChI is InChI=1S/C8H6BrN5O2S/c1-13-4-11-12-8(13)17-7-6(14(15)16)2-5(9)3-10-7/h2-4H,1H3. The quantitative estimate of drug-likeness (QED) is 0.636. The van der Waals surface area contributed by atoms with Crippen molar-refractivity contribution in [2.24, 2.45) is 7.05 Å². The number of rotatable bonds is 3. The molecule has 0 N–H and O–H groups in total. The summed E-state index contributed by atoms with van der Waals surface area (Å²) in [6.07, 6.45) is 3.03. The Morgan fingerprint density at radius 2 is 2.35 bits per heavy atom. The smallest absolute Gasteiger partial charge is 0.302 e. The summed E-state index contributed by atoms with van der Waals surface area (Å²) in [5.41, 5.74) is -0.0626. The summed E-state index contributed by atoms with van der Waals surface area (Å²) in [6.45, 7) is 0. The fourth-order valence-electron chi connectivity index (χ4n) is 1.08. The molecule has 7 nitrogen and oxygen atoms in total. The third kappa shape index (κ3) is 2.61. The second-order valence-electron chi connectivity index (χ2n) is 3.06. The highest BCUT2D eigenvalue weighted by Crippen LogP contribution is 2.32. The summed E-state index contributed by atoms with van der Waals surface area (Å²) < 4.78 is 2.23. The second-order valence-corrected chi connectivity index (χ2v) is 4.93. The summed E-state index contributed by atoms with van der Waals surface area (Å²) in [5.74, 6) is 0. The van der Waals surface area contributed by atoms with Crippen molar-refractivity contribution in [3.05, 3.63) is 33.2 Å². The number of pyridine rings is 1. The Balaban J connectivity index is 2.39. The van der Waals surface area contributed by atoms with Gasteiger partial charge in [-0.25, -0.2) is 4.98 Å². The minimum Gasteiger partial charge on any atom is -0.311 e. The molecule has 0 aromatic carbocycles. The maximum Gasteiger partial charge on any atom is 0.302 e. The molecule has 0 aliphatic rings. The summed E-state index contributed by atoms with van der Waals surface area (Å²) in [6, 6.07) is 1.41. The maximum atomic E-state index is 10.9. The molecule has 0 amide bonds. The molecule has 0 fully saturated rings. The van der Waals surface area contributed by atoms with Crippen LogP contribution in [0.2, 0.25) is 0 Å². The molecule has 0 aliphatic heterocycles. The van der Waals surface area contributed by atoms with Gasteiger partial charge in [0, 0.05) is 23.8 Å². The normalized spacial score (nSPS) is 10.5. The lowest BCUT2D eigenvalue weighted by atomic mass is 10.4. The zero-order valence-corrected chi connectivity index (χ0v) is 11.0. The molecule has 0 aliphatic carbocycles. The van der Waals surface area contributed by atoms with Crippen molar-refractivity contribution in [2.75, 3.05) is 0 Å². The van der Waals surface area contributed by atoms with Crippen LogP contribution in [0.15, 0.2) is 33.2 Å². The predicted molar refractivity (Wildman–Crippen MR) is 63.7 cm³/mol. The molecular formula is C8H6BrN5O2S. The first-order chi connectivity index (χ1) is 8.08. The van der Waals surface area contributed by atoms with Crippen molar-refractivity contribution in [1.82, 2.24) is 19.7 Å². The zero-order chi connectivity index (χ0) is 12.4. The predicted octanol–water partition coefficient (Wildman–Crippen LogP) is 2.03. The van der Waals surface area contributed by atoms with E-state index in [-0.39, 0.29) is 10.7 Å². The van der Waals surface area contributed by atoms with Crippen molar-refractivity contribution >= 4 is 33.4 Å². The van der Waals surface area contributed by atoms with E-state index in [1.54, 1.807) is 11.6 Å². The van der Waals surface area contributed by atoms with Gasteiger partial charge in [0.1, 0.15) is 6.33 Å². The Kier molecular flexibility index (Phi) is 3.38. The van der Waals surface area contributed by atoms with Gasteiger partial charge in [0.2, 0.25) is 0 Å². The maximum absolute atomic E-state index is 10.9. The molecule has 0 saturated heterocycles. The van der Waals surface area contributed by atoms with Crippen molar-refractivity contribution in [3.8, 4) is 0 Å². The highest BCUT2D eigenvalue weighted by Gasteiger charge is 2.18. The molecule has 2 heterocycles. The van der Waals surface area contributed by atoms with Crippen molar-refractivity contribution in [3.63, 3.8) is 0 Å². The van der Waals surface area contributed by atoms with Gasteiger partial charge < -0.3 is 4.57 Å². The highest BCUT2D eigenvalue weighted by atomic mass is 79.9. The third-order valence-corrected chi connectivity index (χ3v) is 3.35. The van der Waals surface area contributed by atoms with Gasteiger partial charge in [0.25, 0.3) is 0 Å². The van der Waals surface area contributed by atoms with E-state index < -0.39 is 4.92 Å². The molecule has 0 unspecified atom stereocenters. The van der Waals surface area contributed by atoms with Gasteiger partial charge in [-0.3, -0.25) is 10.1 Å². The van der Waals surface area contributed by atoms with Crippen molar-refractivity contribution in [2.45, 2.75) is 10.2 Å². The van der Waals surface area contributed by atoms with Crippen LogP contribution in [-0.2, 0) is 7.05 Å². The van der Waals surface area contributed by atoms with E-state index in [0.29, 0.717) is 9.63 Å². The van der Waals surface area contributed by atoms with Gasteiger partial charge in [0.15, 0.2) is 10.2 Å². The average Bonchev–Trinajstić information content (AvgIpc) is 2.67. The monoisotopic (exact) mass is 315 g/mol. The van der Waals surface area contributed by atoms with E-state index in [1.165, 1.54) is 18.6 Å². The van der Waals surface area contributed by atoms with Gasteiger partial charge in [-0.1, -0.05) is 0 Å². The Labute approximate surface area is 109 Å². The molecule has 0 radical (unpaired) electrons. The minimum atomic E-state index is -0.476. The SMILES string of the molecule is Cn1cnnc1Sc1ncc(Br)cc1[N+](=O)[O-]. The lowest BCUT2D eigenvalue weighted by Gasteiger charge is -2.01. The van der Waals surface area contributed by atoms with E-state index in [1.807, 2.05) is 0 Å². The number of hydrogen-bond acceptors (Lipinski definition) is 6. The summed E-state index contributed by atoms with van der Waals surface area (Å²) in [5, 5.41) is 19.2. The molecule has 0 bridgehead atoms. The minimum absolute atomic E-state index is 0.0626. The molecule has 2 aromatic rings. The number of nitro groups is 1. The van der Waals surface area contributed by atoms with Gasteiger partial charge in [0.05, 0.1) is 4.92 Å². The second kappa shape index (κ2) is 4.80. The molecule has 17 heavy (non-hydrogen) atoms. The third-order valence-electron chi connectivity index (χ3n) is 1.85. The average molecular weight is 316 g/mol. The molecule has 0 atom stereocenters. The topological polar surface area (TPSA) is 86.7 Å². The molecule has 0 spiro atoms. The summed E-state index contributed by atoms with van der Waals surface area (Å²) in [4.78, 5) is 14.4. The van der Waals surface area contributed by atoms with Crippen LogP contribution in [0, 0.1) is 10.1 Å². The van der Waals surface area contributed by atoms with Gasteiger partial charge in [-0.15, -0.1) is 10.2 Å². The number of aryl methyl sites for hydroxylation is 1. The molecule has 88 valence electrons. The van der Waals surface area contributed by atoms with Crippen molar-refractivity contribution in [1.29, 1.82) is 0 Å². The van der Waals surface area contributed by atoms with Crippen LogP contribution in [0.4, 0.5) is 5.69 Å². The Morgan fingerprint density at radius 3 is 2.94 bits per heavy atom. The first-order valence-electron chi connectivity index (χ1n) is 4.39. The Morgan fingerprint density at radius 1 is 1.59 bits per heavy atom. The van der Waals surface area contributed by atoms with Crippen LogP contribution in [0.1, 0.15) is 0 Å². The van der Waals surface area contributed by atoms with E-state index in [4.69, 9.17) is 0 Å². The lowest BCUT2D eigenvalue weighted by molar-refractivity contribution is -0.388. The van der Waals surface area contributed by atoms with Crippen LogP contribution in [0.25, 0.3) is 0 Å². The largest absolute Gasteiger partial charge is 0.311 e. The Bertz CT molecular complexity index is 573. The molecule has 9 heteroatoms. The van der Waals surface area contributed by atoms with E-state index in [2.05, 4.69) is 31.1 Å². The number of hydrogen-bond donors (Lipinski definition) is 0. The summed E-state index contributed by atoms with van der Waals surface area (Å²) >= 11 is 4.25. The lowest BCUT2D eigenvalue weighted by Crippen LogP contribution is -1.95. The Hall–Kier alpha value is -1.48. The van der Waals surface area contributed by atoms with Gasteiger partial charge >= 0.3 is 5.69 Å². The summed E-state index contributed by atoms with van der Waals surface area (Å²) in [7, 11) is 1.76. The van der Waals surface area contributed by atoms with E-state index >= 15 is 0 Å². The van der Waals surface area contributed by atoms with Crippen LogP contribution < -0.4 is 0 Å². The zero-order valence-electron chi connectivity index (χ0n) is 8.57. The highest BCUT2D eigenvalue weighted by molar-refractivity contribution is 9.10. The van der Waals surface area contributed by atoms with E-state index in [0.717, 1.165) is 11.8 Å². The van der Waals surface area contributed by atoms with Crippen LogP contribution in [-0.4, -0.2) is 24.7 Å². The van der Waals surface area contributed by atoms with Gasteiger partial charge in [-0.05, 0) is 27.7 Å². The van der Waals surface area contributed by atoms with Crippen LogP contribution in [0.3, 0.4) is 0 Å². The first kappa shape index (κ1) is 12.0. The van der Waals surface area contributed by atoms with E-state index in [9.17, 15) is 10.1 Å². The molecule has 2 aromatic heterocycles. The number of nitrogens with zero attached hydrogens (tertiary/aromatic N) is 5. The molecule has 2 rings (SSSR count). The fourth-order valence-corrected chi connectivity index (χ4v) is 2.19. The molecule has 0 saturated carbocycles. The molecular weight excluding hydrogens is 310 g/mol. The van der Waals surface area contributed by atoms with Crippen molar-refractivity contribution < 1.29 is 4.92 Å². The van der Waals surface area contributed by atoms with Gasteiger partial charge in [-0.2, -0.15) is 0 Å². The number of aromatic nitrogens is 4. The number of halogens is 1.